The van der Waals surface area contributed by atoms with E-state index in [-0.39, 0.29) is 5.41 Å². The Hall–Kier alpha value is -1.24. The van der Waals surface area contributed by atoms with Crippen LogP contribution in [0.15, 0.2) is 24.4 Å². The summed E-state index contributed by atoms with van der Waals surface area (Å²) in [5.74, 6) is 0. The molecule has 0 atom stereocenters. The van der Waals surface area contributed by atoms with Gasteiger partial charge in [-0.05, 0) is 46.5 Å². The predicted molar refractivity (Wildman–Crippen MR) is 66.4 cm³/mol. The monoisotopic (exact) mass is 201 g/mol. The molecule has 0 aliphatic heterocycles. The van der Waals surface area contributed by atoms with Crippen LogP contribution in [0.2, 0.25) is 0 Å². The zero-order chi connectivity index (χ0) is 11.1. The first-order valence-electron chi connectivity index (χ1n) is 5.63. The smallest absolute Gasteiger partial charge is 0.0457 e. The average molecular weight is 201 g/mol. The second-order valence-corrected chi connectivity index (χ2v) is 5.18. The molecule has 0 radical (unpaired) electrons. The zero-order valence-electron chi connectivity index (χ0n) is 10.0. The van der Waals surface area contributed by atoms with Gasteiger partial charge in [-0.3, -0.25) is 0 Å². The molecular weight excluding hydrogens is 182 g/mol. The van der Waals surface area contributed by atoms with Crippen molar-refractivity contribution in [3.05, 3.63) is 35.5 Å². The fraction of sp³-hybridized carbons (Fsp3) is 0.429. The van der Waals surface area contributed by atoms with Gasteiger partial charge in [0.05, 0.1) is 0 Å². The van der Waals surface area contributed by atoms with Gasteiger partial charge >= 0.3 is 0 Å². The molecule has 1 aromatic heterocycles. The molecule has 0 aliphatic carbocycles. The molecule has 2 rings (SSSR count). The third-order valence-corrected chi connectivity index (χ3v) is 2.97. The van der Waals surface area contributed by atoms with Crippen molar-refractivity contribution in [3.8, 4) is 0 Å². The highest BCUT2D eigenvalue weighted by Crippen LogP contribution is 2.29. The Kier molecular flexibility index (Phi) is 2.34. The van der Waals surface area contributed by atoms with Gasteiger partial charge in [0.1, 0.15) is 0 Å². The van der Waals surface area contributed by atoms with Crippen molar-refractivity contribution in [3.63, 3.8) is 0 Å². The van der Waals surface area contributed by atoms with E-state index in [0.29, 0.717) is 0 Å². The van der Waals surface area contributed by atoms with E-state index < -0.39 is 0 Å². The standard InChI is InChI=1S/C14H19N/c1-5-10-8-11-6-7-15-13(11)9-12(10)14(2,3)4/h6-9,15H,5H2,1-4H3. The molecule has 15 heavy (non-hydrogen) atoms. The van der Waals surface area contributed by atoms with Crippen molar-refractivity contribution in [1.29, 1.82) is 0 Å². The summed E-state index contributed by atoms with van der Waals surface area (Å²) < 4.78 is 0. The Morgan fingerprint density at radius 2 is 1.93 bits per heavy atom. The molecule has 0 saturated carbocycles. The summed E-state index contributed by atoms with van der Waals surface area (Å²) in [6, 6.07) is 6.75. The zero-order valence-corrected chi connectivity index (χ0v) is 10.0. The van der Waals surface area contributed by atoms with Crippen LogP contribution in [0, 0.1) is 0 Å². The Morgan fingerprint density at radius 3 is 2.53 bits per heavy atom. The quantitative estimate of drug-likeness (QED) is 0.717. The second kappa shape index (κ2) is 3.41. The lowest BCUT2D eigenvalue weighted by molar-refractivity contribution is 0.584. The number of H-pyrrole nitrogens is 1. The number of aryl methyl sites for hydroxylation is 1. The van der Waals surface area contributed by atoms with Crippen LogP contribution in [0.5, 0.6) is 0 Å². The Labute approximate surface area is 91.5 Å². The second-order valence-electron chi connectivity index (χ2n) is 5.18. The molecule has 0 saturated heterocycles. The fourth-order valence-corrected chi connectivity index (χ4v) is 2.14. The van der Waals surface area contributed by atoms with E-state index in [1.807, 2.05) is 6.20 Å². The number of rotatable bonds is 1. The van der Waals surface area contributed by atoms with Crippen LogP contribution in [0.3, 0.4) is 0 Å². The van der Waals surface area contributed by atoms with Crippen LogP contribution < -0.4 is 0 Å². The number of aromatic amines is 1. The van der Waals surface area contributed by atoms with E-state index in [0.717, 1.165) is 6.42 Å². The highest BCUT2D eigenvalue weighted by atomic mass is 14.7. The molecule has 0 fully saturated rings. The van der Waals surface area contributed by atoms with Gasteiger partial charge < -0.3 is 4.98 Å². The lowest BCUT2D eigenvalue weighted by Crippen LogP contribution is -2.13. The van der Waals surface area contributed by atoms with Crippen molar-refractivity contribution < 1.29 is 0 Å². The minimum atomic E-state index is 0.227. The number of fused-ring (bicyclic) bond motifs is 1. The van der Waals surface area contributed by atoms with Gasteiger partial charge in [0.15, 0.2) is 0 Å². The van der Waals surface area contributed by atoms with Crippen LogP contribution in [0.1, 0.15) is 38.8 Å². The van der Waals surface area contributed by atoms with E-state index >= 15 is 0 Å². The summed E-state index contributed by atoms with van der Waals surface area (Å²) in [5.41, 5.74) is 4.40. The first kappa shape index (κ1) is 10.3. The summed E-state index contributed by atoms with van der Waals surface area (Å²) in [7, 11) is 0. The van der Waals surface area contributed by atoms with Crippen molar-refractivity contribution in [1.82, 2.24) is 4.98 Å². The van der Waals surface area contributed by atoms with Crippen molar-refractivity contribution in [2.75, 3.05) is 0 Å². The maximum Gasteiger partial charge on any atom is 0.0457 e. The third-order valence-electron chi connectivity index (χ3n) is 2.97. The van der Waals surface area contributed by atoms with Gasteiger partial charge in [0.25, 0.3) is 0 Å². The molecule has 1 nitrogen and oxygen atoms in total. The minimum Gasteiger partial charge on any atom is -0.361 e. The fourth-order valence-electron chi connectivity index (χ4n) is 2.14. The maximum absolute atomic E-state index is 3.28. The van der Waals surface area contributed by atoms with Crippen LogP contribution >= 0.6 is 0 Å². The summed E-state index contributed by atoms with van der Waals surface area (Å²) in [6.45, 7) is 9.05. The topological polar surface area (TPSA) is 15.8 Å². The predicted octanol–water partition coefficient (Wildman–Crippen LogP) is 4.03. The van der Waals surface area contributed by atoms with E-state index in [4.69, 9.17) is 0 Å². The van der Waals surface area contributed by atoms with E-state index in [2.05, 4.69) is 50.9 Å². The lowest BCUT2D eigenvalue weighted by atomic mass is 9.82. The molecule has 1 heterocycles. The Morgan fingerprint density at radius 1 is 1.20 bits per heavy atom. The molecule has 1 aromatic carbocycles. The Bertz CT molecular complexity index is 472. The first-order chi connectivity index (χ1) is 7.02. The highest BCUT2D eigenvalue weighted by Gasteiger charge is 2.17. The molecule has 0 spiro atoms. The molecule has 1 N–H and O–H groups in total. The largest absolute Gasteiger partial charge is 0.361 e. The molecule has 2 aromatic rings. The summed E-state index contributed by atoms with van der Waals surface area (Å²) in [6.07, 6.45) is 3.12. The van der Waals surface area contributed by atoms with Gasteiger partial charge in [-0.2, -0.15) is 0 Å². The van der Waals surface area contributed by atoms with E-state index in [9.17, 15) is 0 Å². The van der Waals surface area contributed by atoms with E-state index in [1.54, 1.807) is 0 Å². The Balaban J connectivity index is 2.70. The van der Waals surface area contributed by atoms with Crippen LogP contribution in [-0.2, 0) is 11.8 Å². The number of benzene rings is 1. The number of hydrogen-bond acceptors (Lipinski definition) is 0. The molecule has 80 valence electrons. The van der Waals surface area contributed by atoms with Gasteiger partial charge in [-0.1, -0.05) is 27.7 Å². The van der Waals surface area contributed by atoms with Gasteiger partial charge in [0.2, 0.25) is 0 Å². The minimum absolute atomic E-state index is 0.227. The summed E-state index contributed by atoms with van der Waals surface area (Å²) in [5, 5.41) is 1.32. The number of nitrogens with one attached hydrogen (secondary N) is 1. The van der Waals surface area contributed by atoms with Crippen LogP contribution in [0.25, 0.3) is 10.9 Å². The number of aromatic nitrogens is 1. The normalized spacial score (nSPS) is 12.3. The maximum atomic E-state index is 3.28. The first-order valence-corrected chi connectivity index (χ1v) is 5.63. The lowest BCUT2D eigenvalue weighted by Gasteiger charge is -2.22. The van der Waals surface area contributed by atoms with Crippen LogP contribution in [-0.4, -0.2) is 4.98 Å². The molecule has 0 unspecified atom stereocenters. The summed E-state index contributed by atoms with van der Waals surface area (Å²) >= 11 is 0. The van der Waals surface area contributed by atoms with Crippen molar-refractivity contribution >= 4 is 10.9 Å². The third kappa shape index (κ3) is 1.79. The van der Waals surface area contributed by atoms with E-state index in [1.165, 1.54) is 22.0 Å². The number of hydrogen-bond donors (Lipinski definition) is 1. The SMILES string of the molecule is CCc1cc2cc[nH]c2cc1C(C)(C)C. The summed E-state index contributed by atoms with van der Waals surface area (Å²) in [4.78, 5) is 3.28. The highest BCUT2D eigenvalue weighted by molar-refractivity contribution is 5.81. The van der Waals surface area contributed by atoms with Gasteiger partial charge in [0, 0.05) is 11.7 Å². The van der Waals surface area contributed by atoms with Crippen molar-refractivity contribution in [2.45, 2.75) is 39.5 Å². The molecule has 0 aliphatic rings. The van der Waals surface area contributed by atoms with Crippen LogP contribution in [0.4, 0.5) is 0 Å². The molecule has 0 bridgehead atoms. The average Bonchev–Trinajstić information content (AvgIpc) is 2.60. The molecule has 1 heteroatoms. The molecule has 0 amide bonds. The van der Waals surface area contributed by atoms with Crippen molar-refractivity contribution in [2.24, 2.45) is 0 Å². The van der Waals surface area contributed by atoms with Gasteiger partial charge in [-0.25, -0.2) is 0 Å². The van der Waals surface area contributed by atoms with Gasteiger partial charge in [-0.15, -0.1) is 0 Å². The molecular formula is C14H19N.